The number of anilines is 1. The quantitative estimate of drug-likeness (QED) is 0.537. The van der Waals surface area contributed by atoms with E-state index in [0.29, 0.717) is 0 Å². The molecule has 1 aromatic carbocycles. The van der Waals surface area contributed by atoms with Gasteiger partial charge < -0.3 is 10.3 Å². The molecule has 1 aromatic rings. The lowest BCUT2D eigenvalue weighted by molar-refractivity contribution is 0.413. The number of hydrogen-bond acceptors (Lipinski definition) is 3. The summed E-state index contributed by atoms with van der Waals surface area (Å²) in [5.41, 5.74) is 4.92. The SMILES string of the molecule is CN(C)CCc1cccc(NN)c1. The monoisotopic (exact) mass is 179 g/mol. The Morgan fingerprint density at radius 2 is 2.15 bits per heavy atom. The Morgan fingerprint density at radius 1 is 1.38 bits per heavy atom. The topological polar surface area (TPSA) is 41.3 Å². The fourth-order valence-electron chi connectivity index (χ4n) is 1.17. The second kappa shape index (κ2) is 4.84. The summed E-state index contributed by atoms with van der Waals surface area (Å²) in [5, 5.41) is 0. The van der Waals surface area contributed by atoms with Crippen LogP contribution in [0.5, 0.6) is 0 Å². The number of likely N-dealkylation sites (N-methyl/N-ethyl adjacent to an activating group) is 1. The van der Waals surface area contributed by atoms with Crippen molar-refractivity contribution in [3.05, 3.63) is 29.8 Å². The molecule has 0 aliphatic carbocycles. The van der Waals surface area contributed by atoms with Crippen LogP contribution in [-0.2, 0) is 6.42 Å². The Hall–Kier alpha value is -1.06. The van der Waals surface area contributed by atoms with Crippen LogP contribution in [0.25, 0.3) is 0 Å². The van der Waals surface area contributed by atoms with Gasteiger partial charge in [-0.3, -0.25) is 5.84 Å². The molecule has 0 heterocycles. The second-order valence-electron chi connectivity index (χ2n) is 3.40. The standard InChI is InChI=1S/C10H17N3/c1-13(2)7-6-9-4-3-5-10(8-9)12-11/h3-5,8,12H,6-7,11H2,1-2H3. The molecule has 13 heavy (non-hydrogen) atoms. The maximum atomic E-state index is 5.31. The average molecular weight is 179 g/mol. The molecule has 0 aliphatic rings. The summed E-state index contributed by atoms with van der Waals surface area (Å²) in [7, 11) is 4.15. The van der Waals surface area contributed by atoms with E-state index in [1.807, 2.05) is 12.1 Å². The van der Waals surface area contributed by atoms with E-state index in [-0.39, 0.29) is 0 Å². The van der Waals surface area contributed by atoms with Crippen LogP contribution < -0.4 is 11.3 Å². The van der Waals surface area contributed by atoms with E-state index in [4.69, 9.17) is 5.84 Å². The molecule has 72 valence electrons. The van der Waals surface area contributed by atoms with Crippen molar-refractivity contribution in [3.8, 4) is 0 Å². The number of rotatable bonds is 4. The van der Waals surface area contributed by atoms with Gasteiger partial charge in [-0.05, 0) is 38.2 Å². The lowest BCUT2D eigenvalue weighted by Gasteiger charge is -2.09. The van der Waals surface area contributed by atoms with Crippen LogP contribution in [0, 0.1) is 0 Å². The fraction of sp³-hybridized carbons (Fsp3) is 0.400. The van der Waals surface area contributed by atoms with E-state index in [0.717, 1.165) is 18.7 Å². The maximum absolute atomic E-state index is 5.31. The van der Waals surface area contributed by atoms with Crippen LogP contribution in [0.15, 0.2) is 24.3 Å². The van der Waals surface area contributed by atoms with Crippen molar-refractivity contribution < 1.29 is 0 Å². The summed E-state index contributed by atoms with van der Waals surface area (Å²) in [6.45, 7) is 1.06. The van der Waals surface area contributed by atoms with Crippen molar-refractivity contribution in [2.75, 3.05) is 26.1 Å². The highest BCUT2D eigenvalue weighted by Gasteiger charge is 1.95. The highest BCUT2D eigenvalue weighted by molar-refractivity contribution is 5.44. The van der Waals surface area contributed by atoms with Crippen molar-refractivity contribution >= 4 is 5.69 Å². The Labute approximate surface area is 79.5 Å². The minimum atomic E-state index is 0.969. The van der Waals surface area contributed by atoms with E-state index in [1.165, 1.54) is 5.56 Å². The molecule has 3 heteroatoms. The Balaban J connectivity index is 2.56. The smallest absolute Gasteiger partial charge is 0.0487 e. The normalized spacial score (nSPS) is 10.5. The minimum absolute atomic E-state index is 0.969. The van der Waals surface area contributed by atoms with Gasteiger partial charge in [0, 0.05) is 12.2 Å². The second-order valence-corrected chi connectivity index (χ2v) is 3.40. The van der Waals surface area contributed by atoms with E-state index in [9.17, 15) is 0 Å². The van der Waals surface area contributed by atoms with Gasteiger partial charge in [-0.2, -0.15) is 0 Å². The maximum Gasteiger partial charge on any atom is 0.0487 e. The Kier molecular flexibility index (Phi) is 3.73. The summed E-state index contributed by atoms with van der Waals surface area (Å²) >= 11 is 0. The van der Waals surface area contributed by atoms with Gasteiger partial charge in [0.15, 0.2) is 0 Å². The molecule has 0 bridgehead atoms. The Bertz CT molecular complexity index is 258. The number of nitrogens with two attached hydrogens (primary N) is 1. The minimum Gasteiger partial charge on any atom is -0.324 e. The van der Waals surface area contributed by atoms with Crippen LogP contribution in [-0.4, -0.2) is 25.5 Å². The highest BCUT2D eigenvalue weighted by atomic mass is 15.2. The van der Waals surface area contributed by atoms with Crippen molar-refractivity contribution in [2.45, 2.75) is 6.42 Å². The van der Waals surface area contributed by atoms with Gasteiger partial charge in [0.2, 0.25) is 0 Å². The van der Waals surface area contributed by atoms with Gasteiger partial charge in [0.25, 0.3) is 0 Å². The molecule has 0 fully saturated rings. The molecule has 0 atom stereocenters. The molecule has 0 aromatic heterocycles. The third-order valence-corrected chi connectivity index (χ3v) is 1.94. The van der Waals surface area contributed by atoms with Gasteiger partial charge in [0.1, 0.15) is 0 Å². The number of nitrogens with one attached hydrogen (secondary N) is 1. The van der Waals surface area contributed by atoms with Crippen LogP contribution in [0.3, 0.4) is 0 Å². The van der Waals surface area contributed by atoms with Gasteiger partial charge >= 0.3 is 0 Å². The number of nitrogen functional groups attached to an aromatic ring is 1. The lowest BCUT2D eigenvalue weighted by Crippen LogP contribution is -2.15. The summed E-state index contributed by atoms with van der Waals surface area (Å²) in [6.07, 6.45) is 1.06. The molecule has 1 rings (SSSR count). The summed E-state index contributed by atoms with van der Waals surface area (Å²) < 4.78 is 0. The van der Waals surface area contributed by atoms with Gasteiger partial charge in [-0.25, -0.2) is 0 Å². The molecular formula is C10H17N3. The zero-order valence-corrected chi connectivity index (χ0v) is 8.25. The van der Waals surface area contributed by atoms with Crippen molar-refractivity contribution in [2.24, 2.45) is 5.84 Å². The Morgan fingerprint density at radius 3 is 2.77 bits per heavy atom. The van der Waals surface area contributed by atoms with Crippen molar-refractivity contribution in [1.29, 1.82) is 0 Å². The van der Waals surface area contributed by atoms with Crippen molar-refractivity contribution in [3.63, 3.8) is 0 Å². The lowest BCUT2D eigenvalue weighted by atomic mass is 10.1. The predicted octanol–water partition coefficient (Wildman–Crippen LogP) is 1.08. The first-order valence-electron chi connectivity index (χ1n) is 4.42. The summed E-state index contributed by atoms with van der Waals surface area (Å²) in [4.78, 5) is 2.17. The van der Waals surface area contributed by atoms with Crippen molar-refractivity contribution in [1.82, 2.24) is 4.90 Å². The van der Waals surface area contributed by atoms with Gasteiger partial charge in [-0.15, -0.1) is 0 Å². The molecule has 0 unspecified atom stereocenters. The number of nitrogens with zero attached hydrogens (tertiary/aromatic N) is 1. The van der Waals surface area contributed by atoms with E-state index < -0.39 is 0 Å². The first kappa shape index (κ1) is 10.0. The molecule has 0 saturated heterocycles. The third kappa shape index (κ3) is 3.44. The molecule has 0 amide bonds. The molecule has 0 saturated carbocycles. The summed E-state index contributed by atoms with van der Waals surface area (Å²) in [5.74, 6) is 5.31. The largest absolute Gasteiger partial charge is 0.324 e. The van der Waals surface area contributed by atoms with E-state index in [2.05, 4.69) is 36.6 Å². The highest BCUT2D eigenvalue weighted by Crippen LogP contribution is 2.09. The van der Waals surface area contributed by atoms with Gasteiger partial charge in [0.05, 0.1) is 0 Å². The zero-order chi connectivity index (χ0) is 9.68. The molecule has 0 radical (unpaired) electrons. The predicted molar refractivity (Wildman–Crippen MR) is 56.5 cm³/mol. The van der Waals surface area contributed by atoms with E-state index >= 15 is 0 Å². The fourth-order valence-corrected chi connectivity index (χ4v) is 1.17. The number of benzene rings is 1. The van der Waals surface area contributed by atoms with Crippen LogP contribution >= 0.6 is 0 Å². The first-order chi connectivity index (χ1) is 6.22. The molecule has 0 aliphatic heterocycles. The zero-order valence-electron chi connectivity index (χ0n) is 8.25. The van der Waals surface area contributed by atoms with E-state index in [1.54, 1.807) is 0 Å². The van der Waals surface area contributed by atoms with Crippen LogP contribution in [0.4, 0.5) is 5.69 Å². The number of hydrazine groups is 1. The molecule has 3 nitrogen and oxygen atoms in total. The number of hydrogen-bond donors (Lipinski definition) is 2. The van der Waals surface area contributed by atoms with Gasteiger partial charge in [-0.1, -0.05) is 12.1 Å². The molecular weight excluding hydrogens is 162 g/mol. The average Bonchev–Trinajstić information content (AvgIpc) is 2.15. The molecule has 0 spiro atoms. The van der Waals surface area contributed by atoms with Crippen LogP contribution in [0.1, 0.15) is 5.56 Å². The summed E-state index contributed by atoms with van der Waals surface area (Å²) in [6, 6.07) is 8.16. The van der Waals surface area contributed by atoms with Crippen LogP contribution in [0.2, 0.25) is 0 Å². The first-order valence-corrected chi connectivity index (χ1v) is 4.42. The molecule has 3 N–H and O–H groups in total. The third-order valence-electron chi connectivity index (χ3n) is 1.94.